The molecular weight excluding hydrogens is 755 g/mol. The second-order valence-electron chi connectivity index (χ2n) is 12.9. The minimum Gasteiger partial charge on any atom is -0.485 e. The van der Waals surface area contributed by atoms with Crippen LogP contribution in [0.2, 0.25) is 0 Å². The molecule has 0 bridgehead atoms. The number of nitrogens with two attached hydrogens (primary N) is 2. The van der Waals surface area contributed by atoms with Crippen molar-refractivity contribution in [2.24, 2.45) is 17.9 Å². The van der Waals surface area contributed by atoms with E-state index in [0.717, 1.165) is 28.0 Å². The van der Waals surface area contributed by atoms with Crippen molar-refractivity contribution in [1.29, 1.82) is 0 Å². The fourth-order valence-corrected chi connectivity index (χ4v) is 6.68. The number of hydrogen-bond acceptors (Lipinski definition) is 18. The Morgan fingerprint density at radius 2 is 2.07 bits per heavy atom. The number of aliphatic hydroxyl groups is 1. The van der Waals surface area contributed by atoms with E-state index in [1.54, 1.807) is 29.9 Å². The number of aliphatic carboxylic acids is 1. The molecule has 2 aliphatic heterocycles. The zero-order valence-electron chi connectivity index (χ0n) is 29.3. The topological polar surface area (TPSA) is 301 Å². The third-order valence-corrected chi connectivity index (χ3v) is 10.0. The lowest BCUT2D eigenvalue weighted by atomic mass is 9.84. The van der Waals surface area contributed by atoms with Crippen LogP contribution in [-0.4, -0.2) is 106 Å². The summed E-state index contributed by atoms with van der Waals surface area (Å²) in [6.07, 6.45) is 2.28. The smallest absolute Gasteiger partial charge is 0.473 e. The zero-order chi connectivity index (χ0) is 39.6. The Balaban J connectivity index is 1.33. The first-order chi connectivity index (χ1) is 25.4. The summed E-state index contributed by atoms with van der Waals surface area (Å²) in [6.45, 7) is 3.89. The van der Waals surface area contributed by atoms with Gasteiger partial charge >= 0.3 is 28.8 Å². The molecule has 21 nitrogen and oxygen atoms in total. The molecule has 1 fully saturated rings. The van der Waals surface area contributed by atoms with Crippen LogP contribution in [0, 0.1) is 0 Å². The Hall–Kier alpha value is -5.49. The summed E-state index contributed by atoms with van der Waals surface area (Å²) in [7, 11) is -3.11. The van der Waals surface area contributed by atoms with Gasteiger partial charge < -0.3 is 40.8 Å². The Kier molecular flexibility index (Phi) is 11.4. The van der Waals surface area contributed by atoms with Gasteiger partial charge in [0.1, 0.15) is 23.7 Å². The van der Waals surface area contributed by atoms with E-state index < -0.39 is 69.8 Å². The van der Waals surface area contributed by atoms with Crippen molar-refractivity contribution in [3.8, 4) is 16.9 Å². The van der Waals surface area contributed by atoms with E-state index in [0.29, 0.717) is 23.2 Å². The number of β-lactam (4-membered cyclic amide) rings is 1. The number of anilines is 2. The van der Waals surface area contributed by atoms with Gasteiger partial charge in [-0.2, -0.15) is 13.5 Å². The third-order valence-electron chi connectivity index (χ3n) is 8.72. The summed E-state index contributed by atoms with van der Waals surface area (Å²) < 4.78 is 39.9. The van der Waals surface area contributed by atoms with Crippen molar-refractivity contribution in [1.82, 2.24) is 20.3 Å². The summed E-state index contributed by atoms with van der Waals surface area (Å²) >= 11 is 0.949. The number of hydrogen-bond donors (Lipinski definition) is 6. The summed E-state index contributed by atoms with van der Waals surface area (Å²) in [6, 6.07) is 4.01. The maximum absolute atomic E-state index is 13.6. The molecule has 0 unspecified atom stereocenters. The minimum atomic E-state index is -4.91. The van der Waals surface area contributed by atoms with Crippen LogP contribution in [0.3, 0.4) is 0 Å². The molecule has 0 radical (unpaired) electrons. The number of carbonyl (C=O) groups excluding carboxylic acids is 3. The number of rotatable bonds is 16. The van der Waals surface area contributed by atoms with E-state index in [9.17, 15) is 37.8 Å². The van der Waals surface area contributed by atoms with Crippen molar-refractivity contribution in [2.75, 3.05) is 24.1 Å². The van der Waals surface area contributed by atoms with Crippen LogP contribution >= 0.6 is 11.3 Å². The van der Waals surface area contributed by atoms with E-state index in [1.807, 2.05) is 12.3 Å². The summed E-state index contributed by atoms with van der Waals surface area (Å²) in [5.74, 6) is -2.59. The maximum atomic E-state index is 13.6. The molecule has 1 aromatic carbocycles. The standard InChI is InChI=1S/C31H37N9O12S2/c1-30(2)24(26(44)40(30)52-54(47,48)49-15-41)37-25(43)23(20-14-53-28(33)36-20)38-51-31(3,27(45)46)22-8-6-17-9-16(5-7-21(17)50-22)18-11-34-29(39(4)13-18)35-12-19(42)10-32/h5,7,9,11,13-15,19,22,24,42H,6,8,10,12,32H2,1-4H3,(H4,33,36,37,43,45,46)/p+1/b38-23-/t19-,22+,24+,31-/m0/s1. The first kappa shape index (κ1) is 39.7. The van der Waals surface area contributed by atoms with Gasteiger partial charge in [-0.05, 0) is 56.9 Å². The molecule has 4 atom stereocenters. The van der Waals surface area contributed by atoms with E-state index in [-0.39, 0.29) is 30.3 Å². The molecule has 3 aromatic rings. The molecule has 2 amide bonds. The predicted molar refractivity (Wildman–Crippen MR) is 187 cm³/mol. The Labute approximate surface area is 312 Å². The lowest BCUT2D eigenvalue weighted by Gasteiger charge is -2.50. The number of nitrogens with zero attached hydrogens (tertiary/aromatic N) is 5. The van der Waals surface area contributed by atoms with E-state index in [1.165, 1.54) is 26.2 Å². The highest BCUT2D eigenvalue weighted by molar-refractivity contribution is 7.82. The lowest BCUT2D eigenvalue weighted by Crippen LogP contribution is -2.77. The number of aryl methyl sites for hydroxylation is 2. The highest BCUT2D eigenvalue weighted by Gasteiger charge is 2.58. The van der Waals surface area contributed by atoms with Gasteiger partial charge in [-0.15, -0.1) is 15.6 Å². The number of ether oxygens (including phenoxy) is 1. The second kappa shape index (κ2) is 15.5. The average Bonchev–Trinajstić information content (AvgIpc) is 3.56. The molecule has 290 valence electrons. The van der Waals surface area contributed by atoms with Gasteiger partial charge in [-0.1, -0.05) is 16.2 Å². The molecule has 1 saturated heterocycles. The Morgan fingerprint density at radius 1 is 1.33 bits per heavy atom. The number of aliphatic hydroxyl groups excluding tert-OH is 1. The molecule has 0 saturated carbocycles. The van der Waals surface area contributed by atoms with Crippen molar-refractivity contribution >= 4 is 62.8 Å². The predicted octanol–water partition coefficient (Wildman–Crippen LogP) is -1.24. The fourth-order valence-electron chi connectivity index (χ4n) is 5.55. The number of aromatic nitrogens is 3. The molecule has 0 spiro atoms. The van der Waals surface area contributed by atoms with Crippen LogP contribution in [-0.2, 0) is 56.4 Å². The summed E-state index contributed by atoms with van der Waals surface area (Å²) in [4.78, 5) is 63.7. The molecule has 23 heteroatoms. The molecular formula is C31H38N9O12S2+. The van der Waals surface area contributed by atoms with Gasteiger partial charge in [0.15, 0.2) is 16.9 Å². The second-order valence-corrected chi connectivity index (χ2v) is 14.9. The third kappa shape index (κ3) is 8.18. The number of fused-ring (bicyclic) bond motifs is 1. The van der Waals surface area contributed by atoms with Crippen molar-refractivity contribution in [3.05, 3.63) is 47.2 Å². The number of thiazole rings is 1. The Morgan fingerprint density at radius 3 is 2.69 bits per heavy atom. The Bertz CT molecular complexity index is 2090. The first-order valence-corrected chi connectivity index (χ1v) is 18.3. The normalized spacial score (nSPS) is 19.6. The molecule has 8 N–H and O–H groups in total. The zero-order valence-corrected chi connectivity index (χ0v) is 30.9. The number of benzene rings is 1. The van der Waals surface area contributed by atoms with Gasteiger partial charge in [0.05, 0.1) is 31.4 Å². The van der Waals surface area contributed by atoms with Crippen molar-refractivity contribution in [2.45, 2.75) is 63.0 Å². The number of carboxylic acid groups (broad SMARTS) is 1. The number of nitrogen functional groups attached to an aromatic ring is 1. The quantitative estimate of drug-likeness (QED) is 0.0325. The van der Waals surface area contributed by atoms with Crippen LogP contribution in [0.15, 0.2) is 41.1 Å². The van der Waals surface area contributed by atoms with Crippen LogP contribution < -0.4 is 31.4 Å². The van der Waals surface area contributed by atoms with Gasteiger partial charge in [-0.3, -0.25) is 19.7 Å². The number of amides is 2. The summed E-state index contributed by atoms with van der Waals surface area (Å²) in [5.41, 5.74) is 9.37. The van der Waals surface area contributed by atoms with E-state index in [4.69, 9.17) is 21.0 Å². The summed E-state index contributed by atoms with van der Waals surface area (Å²) in [5, 5.41) is 31.2. The highest BCUT2D eigenvalue weighted by Crippen LogP contribution is 2.37. The maximum Gasteiger partial charge on any atom is 0.473 e. The van der Waals surface area contributed by atoms with Crippen LogP contribution in [0.25, 0.3) is 11.1 Å². The largest absolute Gasteiger partial charge is 0.485 e. The van der Waals surface area contributed by atoms with Crippen LogP contribution in [0.4, 0.5) is 11.1 Å². The first-order valence-electron chi connectivity index (χ1n) is 16.1. The molecule has 4 heterocycles. The lowest BCUT2D eigenvalue weighted by molar-refractivity contribution is -0.659. The van der Waals surface area contributed by atoms with Crippen LogP contribution in [0.1, 0.15) is 38.4 Å². The molecule has 2 aliphatic rings. The van der Waals surface area contributed by atoms with Gasteiger partial charge in [0.2, 0.25) is 0 Å². The number of carboxylic acids is 1. The highest BCUT2D eigenvalue weighted by atomic mass is 32.3. The van der Waals surface area contributed by atoms with Gasteiger partial charge in [0.25, 0.3) is 17.4 Å². The molecule has 0 aliphatic carbocycles. The van der Waals surface area contributed by atoms with Gasteiger partial charge in [-0.25, -0.2) is 14.3 Å². The number of carbonyl (C=O) groups is 4. The van der Waals surface area contributed by atoms with Crippen molar-refractivity contribution < 1.29 is 60.4 Å². The number of oxime groups is 1. The number of nitrogens with one attached hydrogen (secondary N) is 2. The monoisotopic (exact) mass is 792 g/mol. The SMILES string of the molecule is C[n+]1cc(-c2ccc3c(c2)CC[C@H]([C@](C)(O/N=C(\C(=O)N[C@@H]2C(=O)N(OS(=O)(=O)OC=O)C2(C)C)c2csc(N)n2)C(=O)O)O3)cnc1NC[C@@H](O)CN. The molecule has 2 aromatic heterocycles. The van der Waals surface area contributed by atoms with E-state index in [2.05, 4.69) is 34.2 Å². The van der Waals surface area contributed by atoms with Gasteiger partial charge in [0, 0.05) is 17.5 Å². The fraction of sp³-hybridized carbons (Fsp3) is 0.419. The molecule has 5 rings (SSSR count). The minimum absolute atomic E-state index is 0.0394. The number of hydroxylamine groups is 2. The average molecular weight is 793 g/mol. The van der Waals surface area contributed by atoms with Crippen LogP contribution in [0.5, 0.6) is 5.75 Å². The van der Waals surface area contributed by atoms with E-state index >= 15 is 0 Å². The van der Waals surface area contributed by atoms with Crippen molar-refractivity contribution in [3.63, 3.8) is 0 Å². The molecule has 54 heavy (non-hydrogen) atoms.